The van der Waals surface area contributed by atoms with Crippen LogP contribution in [-0.4, -0.2) is 87.5 Å². The van der Waals surface area contributed by atoms with Crippen molar-refractivity contribution in [3.8, 4) is 0 Å². The third-order valence-electron chi connectivity index (χ3n) is 9.06. The highest BCUT2D eigenvalue weighted by Gasteiger charge is 2.44. The molecule has 0 aliphatic carbocycles. The van der Waals surface area contributed by atoms with Crippen LogP contribution in [0.5, 0.6) is 0 Å². The lowest BCUT2D eigenvalue weighted by Gasteiger charge is -2.40. The van der Waals surface area contributed by atoms with Crippen molar-refractivity contribution >= 4 is 5.91 Å². The number of ether oxygens (including phenoxy) is 2. The third-order valence-corrected chi connectivity index (χ3v) is 9.06. The number of amides is 1. The Balaban J connectivity index is 2.40. The van der Waals surface area contributed by atoms with Crippen molar-refractivity contribution in [3.63, 3.8) is 0 Å². The lowest BCUT2D eigenvalue weighted by atomic mass is 9.99. The quantitative estimate of drug-likeness (QED) is 0.0324. The van der Waals surface area contributed by atoms with Gasteiger partial charge in [-0.15, -0.1) is 0 Å². The van der Waals surface area contributed by atoms with E-state index in [9.17, 15) is 30.3 Å². The number of carbonyl (C=O) groups is 1. The summed E-state index contributed by atoms with van der Waals surface area (Å²) in [6, 6.07) is -0.827. The number of hydrogen-bond donors (Lipinski definition) is 6. The summed E-state index contributed by atoms with van der Waals surface area (Å²) in [7, 11) is 0. The van der Waals surface area contributed by atoms with Gasteiger partial charge in [-0.25, -0.2) is 0 Å². The van der Waals surface area contributed by atoms with Crippen molar-refractivity contribution in [2.45, 2.75) is 185 Å². The Morgan fingerprint density at radius 2 is 1.18 bits per heavy atom. The molecule has 1 fully saturated rings. The Morgan fingerprint density at radius 1 is 0.667 bits per heavy atom. The molecule has 1 saturated heterocycles. The highest BCUT2D eigenvalue weighted by molar-refractivity contribution is 5.76. The van der Waals surface area contributed by atoms with Gasteiger partial charge >= 0.3 is 0 Å². The highest BCUT2D eigenvalue weighted by atomic mass is 16.7. The number of carbonyl (C=O) groups excluding carboxylic acids is 1. The summed E-state index contributed by atoms with van der Waals surface area (Å²) in [5.41, 5.74) is 0. The molecule has 9 heteroatoms. The summed E-state index contributed by atoms with van der Waals surface area (Å²) in [4.78, 5) is 12.9. The monoisotopic (exact) mass is 720 g/mol. The largest absolute Gasteiger partial charge is 0.394 e. The molecule has 0 saturated carbocycles. The average Bonchev–Trinajstić information content (AvgIpc) is 3.13. The van der Waals surface area contributed by atoms with E-state index in [0.29, 0.717) is 6.42 Å². The van der Waals surface area contributed by atoms with Crippen LogP contribution in [0.25, 0.3) is 0 Å². The van der Waals surface area contributed by atoms with E-state index in [-0.39, 0.29) is 12.5 Å². The second-order valence-electron chi connectivity index (χ2n) is 13.7. The van der Waals surface area contributed by atoms with Crippen LogP contribution in [-0.2, 0) is 14.3 Å². The molecule has 6 N–H and O–H groups in total. The van der Waals surface area contributed by atoms with E-state index in [1.807, 2.05) is 6.08 Å². The van der Waals surface area contributed by atoms with Crippen LogP contribution in [0.2, 0.25) is 0 Å². The van der Waals surface area contributed by atoms with Gasteiger partial charge in [0.2, 0.25) is 5.91 Å². The van der Waals surface area contributed by atoms with Gasteiger partial charge in [0.25, 0.3) is 0 Å². The van der Waals surface area contributed by atoms with Crippen molar-refractivity contribution < 1.29 is 39.8 Å². The van der Waals surface area contributed by atoms with Gasteiger partial charge in [0.05, 0.1) is 25.4 Å². The second kappa shape index (κ2) is 32.5. The average molecular weight is 720 g/mol. The van der Waals surface area contributed by atoms with E-state index < -0.39 is 49.5 Å². The maximum Gasteiger partial charge on any atom is 0.220 e. The molecule has 0 aromatic rings. The molecule has 7 unspecified atom stereocenters. The Labute approximate surface area is 309 Å². The molecule has 0 aromatic heterocycles. The molecular weight excluding hydrogens is 646 g/mol. The van der Waals surface area contributed by atoms with Crippen LogP contribution in [0.15, 0.2) is 60.8 Å². The fraction of sp³-hybridized carbons (Fsp3) is 0.738. The zero-order valence-electron chi connectivity index (χ0n) is 31.8. The zero-order chi connectivity index (χ0) is 37.4. The molecule has 1 aliphatic heterocycles. The first-order chi connectivity index (χ1) is 24.8. The van der Waals surface area contributed by atoms with Gasteiger partial charge < -0.3 is 40.3 Å². The summed E-state index contributed by atoms with van der Waals surface area (Å²) in [5.74, 6) is -0.206. The molecule has 1 rings (SSSR count). The van der Waals surface area contributed by atoms with Crippen molar-refractivity contribution in [2.24, 2.45) is 0 Å². The Kier molecular flexibility index (Phi) is 29.9. The van der Waals surface area contributed by atoms with E-state index in [4.69, 9.17) is 9.47 Å². The molecule has 51 heavy (non-hydrogen) atoms. The minimum atomic E-state index is -1.57. The van der Waals surface area contributed by atoms with Crippen LogP contribution < -0.4 is 5.32 Å². The molecule has 0 radical (unpaired) electrons. The van der Waals surface area contributed by atoms with E-state index in [2.05, 4.69) is 67.8 Å². The summed E-state index contributed by atoms with van der Waals surface area (Å²) in [6.07, 6.45) is 34.1. The minimum Gasteiger partial charge on any atom is -0.394 e. The smallest absolute Gasteiger partial charge is 0.220 e. The molecule has 294 valence electrons. The van der Waals surface area contributed by atoms with Crippen molar-refractivity contribution in [3.05, 3.63) is 60.8 Å². The van der Waals surface area contributed by atoms with Crippen LogP contribution in [0, 0.1) is 0 Å². The standard InChI is InChI=1S/C42H73NO8/c1-3-5-7-9-11-13-14-15-16-17-18-19-20-21-22-24-26-28-30-32-38(46)43-35(36(45)31-29-27-25-23-12-10-8-6-4-2)34-50-42-41(49)40(48)39(47)37(33-44)51-42/h11-13,15-16,18-19,23,29,31,35-37,39-42,44-45,47-49H,3-10,14,17,20-22,24-28,30,32-34H2,1-2H3,(H,43,46)/b13-11-,16-15-,19-18-,23-12+,31-29+. The van der Waals surface area contributed by atoms with E-state index in [1.165, 1.54) is 51.4 Å². The summed E-state index contributed by atoms with van der Waals surface area (Å²) >= 11 is 0. The number of nitrogens with one attached hydrogen (secondary N) is 1. The summed E-state index contributed by atoms with van der Waals surface area (Å²) in [5, 5.41) is 53.8. The lowest BCUT2D eigenvalue weighted by molar-refractivity contribution is -0.302. The SMILES string of the molecule is CCCCC/C=C\C/C=C\C/C=C\CCCCCCCCC(=O)NC(COC1OC(CO)C(O)C(O)C1O)C(O)/C=C/CC/C=C/CCCCC. The maximum absolute atomic E-state index is 12.9. The summed E-state index contributed by atoms with van der Waals surface area (Å²) < 4.78 is 11.1. The van der Waals surface area contributed by atoms with Gasteiger partial charge in [0.15, 0.2) is 6.29 Å². The predicted molar refractivity (Wildman–Crippen MR) is 207 cm³/mol. The first-order valence-electron chi connectivity index (χ1n) is 20.0. The first kappa shape index (κ1) is 46.9. The molecule has 0 bridgehead atoms. The highest BCUT2D eigenvalue weighted by Crippen LogP contribution is 2.22. The number of aliphatic hydroxyl groups excluding tert-OH is 5. The summed E-state index contributed by atoms with van der Waals surface area (Å²) in [6.45, 7) is 3.63. The minimum absolute atomic E-state index is 0.206. The van der Waals surface area contributed by atoms with Gasteiger partial charge in [-0.05, 0) is 70.6 Å². The molecule has 0 spiro atoms. The fourth-order valence-corrected chi connectivity index (χ4v) is 5.76. The predicted octanol–water partition coefficient (Wildman–Crippen LogP) is 7.27. The zero-order valence-corrected chi connectivity index (χ0v) is 31.8. The lowest BCUT2D eigenvalue weighted by Crippen LogP contribution is -2.60. The van der Waals surface area contributed by atoms with Gasteiger partial charge in [-0.1, -0.05) is 126 Å². The fourth-order valence-electron chi connectivity index (χ4n) is 5.76. The maximum atomic E-state index is 12.9. The van der Waals surface area contributed by atoms with Crippen molar-refractivity contribution in [1.82, 2.24) is 5.32 Å². The van der Waals surface area contributed by atoms with Crippen molar-refractivity contribution in [1.29, 1.82) is 0 Å². The van der Waals surface area contributed by atoms with Gasteiger partial charge in [-0.2, -0.15) is 0 Å². The molecule has 0 aromatic carbocycles. The number of allylic oxidation sites excluding steroid dienone is 9. The van der Waals surface area contributed by atoms with E-state index in [1.54, 1.807) is 6.08 Å². The molecule has 1 amide bonds. The molecule has 7 atom stereocenters. The van der Waals surface area contributed by atoms with Gasteiger partial charge in [0, 0.05) is 6.42 Å². The second-order valence-corrected chi connectivity index (χ2v) is 13.7. The van der Waals surface area contributed by atoms with Crippen LogP contribution >= 0.6 is 0 Å². The van der Waals surface area contributed by atoms with Gasteiger partial charge in [-0.3, -0.25) is 4.79 Å². The molecule has 9 nitrogen and oxygen atoms in total. The van der Waals surface area contributed by atoms with E-state index in [0.717, 1.165) is 70.6 Å². The van der Waals surface area contributed by atoms with Gasteiger partial charge in [0.1, 0.15) is 24.4 Å². The normalized spacial score (nSPS) is 22.7. The van der Waals surface area contributed by atoms with Crippen LogP contribution in [0.3, 0.4) is 0 Å². The number of rotatable bonds is 31. The first-order valence-corrected chi connectivity index (χ1v) is 20.0. The third kappa shape index (κ3) is 24.0. The number of aliphatic hydroxyl groups is 5. The molecule has 1 heterocycles. The van der Waals surface area contributed by atoms with Crippen molar-refractivity contribution in [2.75, 3.05) is 13.2 Å². The van der Waals surface area contributed by atoms with Crippen LogP contribution in [0.4, 0.5) is 0 Å². The number of hydrogen-bond acceptors (Lipinski definition) is 8. The Hall–Kier alpha value is -2.11. The topological polar surface area (TPSA) is 149 Å². The number of unbranched alkanes of at least 4 members (excludes halogenated alkanes) is 13. The Morgan fingerprint density at radius 3 is 1.78 bits per heavy atom. The van der Waals surface area contributed by atoms with Crippen LogP contribution in [0.1, 0.15) is 142 Å². The van der Waals surface area contributed by atoms with E-state index >= 15 is 0 Å². The molecular formula is C42H73NO8. The molecule has 1 aliphatic rings. The Bertz CT molecular complexity index is 978.